The van der Waals surface area contributed by atoms with E-state index in [0.717, 1.165) is 5.56 Å². The van der Waals surface area contributed by atoms with Crippen molar-refractivity contribution in [3.8, 4) is 23.0 Å². The van der Waals surface area contributed by atoms with Crippen LogP contribution in [0.4, 0.5) is 5.69 Å². The van der Waals surface area contributed by atoms with Crippen molar-refractivity contribution in [3.05, 3.63) is 42.0 Å². The van der Waals surface area contributed by atoms with Gasteiger partial charge in [0.25, 0.3) is 0 Å². The summed E-state index contributed by atoms with van der Waals surface area (Å²) in [7, 11) is 6.29. The molecule has 0 saturated carbocycles. The standard InChI is InChI=1S/C19H24N2O5/c1-23-14-6-7-15(17(10-14)25-3)21-19(22)12-20-11-13-5-8-16(24-2)18(9-13)26-4/h5-10,20H,11-12H2,1-4H3,(H,21,22). The maximum atomic E-state index is 12.1. The number of methoxy groups -OCH3 is 4. The molecule has 0 aromatic heterocycles. The van der Waals surface area contributed by atoms with Gasteiger partial charge in [-0.25, -0.2) is 0 Å². The van der Waals surface area contributed by atoms with Crippen LogP contribution in [0.15, 0.2) is 36.4 Å². The second-order valence-corrected chi connectivity index (χ2v) is 5.41. The summed E-state index contributed by atoms with van der Waals surface area (Å²) in [6, 6.07) is 10.8. The number of benzene rings is 2. The molecule has 2 N–H and O–H groups in total. The molecule has 0 radical (unpaired) electrons. The summed E-state index contributed by atoms with van der Waals surface area (Å²) in [5.74, 6) is 2.35. The van der Waals surface area contributed by atoms with E-state index in [-0.39, 0.29) is 12.5 Å². The molecule has 0 bridgehead atoms. The molecule has 2 aromatic rings. The quantitative estimate of drug-likeness (QED) is 0.715. The van der Waals surface area contributed by atoms with Crippen molar-refractivity contribution in [2.75, 3.05) is 40.3 Å². The summed E-state index contributed by atoms with van der Waals surface area (Å²) in [6.07, 6.45) is 0. The minimum Gasteiger partial charge on any atom is -0.497 e. The average Bonchev–Trinajstić information content (AvgIpc) is 2.68. The average molecular weight is 360 g/mol. The van der Waals surface area contributed by atoms with E-state index >= 15 is 0 Å². The summed E-state index contributed by atoms with van der Waals surface area (Å²) >= 11 is 0. The number of hydrogen-bond donors (Lipinski definition) is 2. The minimum atomic E-state index is -0.172. The first-order valence-corrected chi connectivity index (χ1v) is 8.04. The summed E-state index contributed by atoms with van der Waals surface area (Å²) in [6.45, 7) is 0.678. The van der Waals surface area contributed by atoms with Crippen LogP contribution >= 0.6 is 0 Å². The molecule has 2 aromatic carbocycles. The summed E-state index contributed by atoms with van der Waals surface area (Å²) in [5.41, 5.74) is 1.57. The predicted octanol–water partition coefficient (Wildman–Crippen LogP) is 2.45. The van der Waals surface area contributed by atoms with Gasteiger partial charge in [0.05, 0.1) is 40.7 Å². The van der Waals surface area contributed by atoms with Gasteiger partial charge in [-0.15, -0.1) is 0 Å². The Morgan fingerprint density at radius 2 is 1.58 bits per heavy atom. The number of rotatable bonds is 9. The topological polar surface area (TPSA) is 78.1 Å². The number of amides is 1. The van der Waals surface area contributed by atoms with E-state index in [1.165, 1.54) is 0 Å². The van der Waals surface area contributed by atoms with Gasteiger partial charge >= 0.3 is 0 Å². The lowest BCUT2D eigenvalue weighted by atomic mass is 10.2. The monoisotopic (exact) mass is 360 g/mol. The fourth-order valence-electron chi connectivity index (χ4n) is 2.41. The Morgan fingerprint density at radius 1 is 0.846 bits per heavy atom. The highest BCUT2D eigenvalue weighted by Gasteiger charge is 2.09. The van der Waals surface area contributed by atoms with Crippen LogP contribution in [0.25, 0.3) is 0 Å². The lowest BCUT2D eigenvalue weighted by Crippen LogP contribution is -2.27. The van der Waals surface area contributed by atoms with Gasteiger partial charge in [0.1, 0.15) is 11.5 Å². The van der Waals surface area contributed by atoms with E-state index < -0.39 is 0 Å². The Hall–Kier alpha value is -2.93. The minimum absolute atomic E-state index is 0.156. The van der Waals surface area contributed by atoms with Gasteiger partial charge in [0.2, 0.25) is 5.91 Å². The number of nitrogens with one attached hydrogen (secondary N) is 2. The number of carbonyl (C=O) groups excluding carboxylic acids is 1. The van der Waals surface area contributed by atoms with Crippen LogP contribution < -0.4 is 29.6 Å². The van der Waals surface area contributed by atoms with Gasteiger partial charge in [-0.1, -0.05) is 6.07 Å². The first kappa shape index (κ1) is 19.4. The molecule has 0 unspecified atom stereocenters. The summed E-state index contributed by atoms with van der Waals surface area (Å²) in [4.78, 5) is 12.1. The van der Waals surface area contributed by atoms with Crippen molar-refractivity contribution >= 4 is 11.6 Å². The Bertz CT molecular complexity index is 749. The first-order valence-electron chi connectivity index (χ1n) is 8.04. The molecule has 0 aliphatic rings. The number of ether oxygens (including phenoxy) is 4. The molecule has 1 amide bonds. The Morgan fingerprint density at radius 3 is 2.23 bits per heavy atom. The van der Waals surface area contributed by atoms with Gasteiger partial charge in [-0.05, 0) is 29.8 Å². The van der Waals surface area contributed by atoms with Crippen LogP contribution in [0.1, 0.15) is 5.56 Å². The third kappa shape index (κ3) is 5.03. The molecule has 0 spiro atoms. The Labute approximate surface area is 153 Å². The normalized spacial score (nSPS) is 10.2. The van der Waals surface area contributed by atoms with Gasteiger partial charge in [0.15, 0.2) is 11.5 Å². The van der Waals surface area contributed by atoms with Crippen LogP contribution in [0, 0.1) is 0 Å². The van der Waals surface area contributed by atoms with E-state index in [4.69, 9.17) is 18.9 Å². The third-order valence-corrected chi connectivity index (χ3v) is 3.75. The lowest BCUT2D eigenvalue weighted by molar-refractivity contribution is -0.115. The molecular formula is C19H24N2O5. The molecule has 0 heterocycles. The molecule has 7 heteroatoms. The van der Waals surface area contributed by atoms with Crippen LogP contribution in [0.5, 0.6) is 23.0 Å². The van der Waals surface area contributed by atoms with Gasteiger partial charge in [0, 0.05) is 12.6 Å². The highest BCUT2D eigenvalue weighted by molar-refractivity contribution is 5.93. The number of carbonyl (C=O) groups is 1. The van der Waals surface area contributed by atoms with E-state index in [2.05, 4.69) is 10.6 Å². The molecule has 0 saturated heterocycles. The van der Waals surface area contributed by atoms with Gasteiger partial charge in [-0.2, -0.15) is 0 Å². The molecular weight excluding hydrogens is 336 g/mol. The van der Waals surface area contributed by atoms with Crippen molar-refractivity contribution < 1.29 is 23.7 Å². The molecule has 0 atom stereocenters. The van der Waals surface area contributed by atoms with Crippen molar-refractivity contribution in [2.24, 2.45) is 0 Å². The molecule has 2 rings (SSSR count). The third-order valence-electron chi connectivity index (χ3n) is 3.75. The summed E-state index contributed by atoms with van der Waals surface area (Å²) in [5, 5.41) is 5.91. The van der Waals surface area contributed by atoms with Crippen molar-refractivity contribution in [3.63, 3.8) is 0 Å². The highest BCUT2D eigenvalue weighted by atomic mass is 16.5. The zero-order valence-corrected chi connectivity index (χ0v) is 15.4. The first-order chi connectivity index (χ1) is 12.6. The maximum Gasteiger partial charge on any atom is 0.238 e. The second kappa shape index (κ2) is 9.53. The number of hydrogen-bond acceptors (Lipinski definition) is 6. The van der Waals surface area contributed by atoms with E-state index in [9.17, 15) is 4.79 Å². The predicted molar refractivity (Wildman–Crippen MR) is 99.4 cm³/mol. The second-order valence-electron chi connectivity index (χ2n) is 5.41. The Balaban J connectivity index is 1.89. The van der Waals surface area contributed by atoms with E-state index in [0.29, 0.717) is 35.2 Å². The molecule has 140 valence electrons. The van der Waals surface area contributed by atoms with E-state index in [1.807, 2.05) is 18.2 Å². The molecule has 0 fully saturated rings. The molecule has 26 heavy (non-hydrogen) atoms. The summed E-state index contributed by atoms with van der Waals surface area (Å²) < 4.78 is 20.9. The number of anilines is 1. The van der Waals surface area contributed by atoms with Crippen LogP contribution in [0.3, 0.4) is 0 Å². The lowest BCUT2D eigenvalue weighted by Gasteiger charge is -2.12. The SMILES string of the molecule is COc1ccc(NC(=O)CNCc2ccc(OC)c(OC)c2)c(OC)c1. The van der Waals surface area contributed by atoms with Gasteiger partial charge in [-0.3, -0.25) is 4.79 Å². The van der Waals surface area contributed by atoms with Crippen molar-refractivity contribution in [1.29, 1.82) is 0 Å². The largest absolute Gasteiger partial charge is 0.497 e. The zero-order valence-electron chi connectivity index (χ0n) is 15.4. The molecule has 0 aliphatic heterocycles. The molecule has 7 nitrogen and oxygen atoms in total. The van der Waals surface area contributed by atoms with Gasteiger partial charge < -0.3 is 29.6 Å². The highest BCUT2D eigenvalue weighted by Crippen LogP contribution is 2.29. The smallest absolute Gasteiger partial charge is 0.238 e. The van der Waals surface area contributed by atoms with Crippen LogP contribution in [-0.2, 0) is 11.3 Å². The zero-order chi connectivity index (χ0) is 18.9. The van der Waals surface area contributed by atoms with Crippen molar-refractivity contribution in [2.45, 2.75) is 6.54 Å². The molecule has 0 aliphatic carbocycles. The van der Waals surface area contributed by atoms with E-state index in [1.54, 1.807) is 46.6 Å². The van der Waals surface area contributed by atoms with Crippen LogP contribution in [0.2, 0.25) is 0 Å². The van der Waals surface area contributed by atoms with Crippen LogP contribution in [-0.4, -0.2) is 40.9 Å². The maximum absolute atomic E-state index is 12.1. The fraction of sp³-hybridized carbons (Fsp3) is 0.316. The Kier molecular flexibility index (Phi) is 7.11. The van der Waals surface area contributed by atoms with Crippen molar-refractivity contribution in [1.82, 2.24) is 5.32 Å². The fourth-order valence-corrected chi connectivity index (χ4v) is 2.41.